The lowest BCUT2D eigenvalue weighted by Crippen LogP contribution is -2.41. The van der Waals surface area contributed by atoms with Crippen molar-refractivity contribution in [2.45, 2.75) is 45.9 Å². The monoisotopic (exact) mass is 340 g/mol. The van der Waals surface area contributed by atoms with E-state index in [0.29, 0.717) is 16.9 Å². The standard InChI is InChI=1S/C17H25FN2O4/c1-3-11(4-2)15(21)8-20-17(22)19-7-12-5-14(18)6-13-9-23-10-24-16(12)13/h5-6,11,15,21H,3-4,7-10H2,1-2H3,(H2,19,20,22)/t15-/m1/s1. The highest BCUT2D eigenvalue weighted by atomic mass is 19.1. The molecule has 2 amide bonds. The average Bonchev–Trinajstić information content (AvgIpc) is 2.58. The fraction of sp³-hybridized carbons (Fsp3) is 0.588. The van der Waals surface area contributed by atoms with Gasteiger partial charge in [-0.1, -0.05) is 26.7 Å². The van der Waals surface area contributed by atoms with E-state index in [-0.39, 0.29) is 32.4 Å². The summed E-state index contributed by atoms with van der Waals surface area (Å²) in [5.74, 6) is 0.318. The van der Waals surface area contributed by atoms with Gasteiger partial charge in [0.2, 0.25) is 0 Å². The molecule has 3 N–H and O–H groups in total. The highest BCUT2D eigenvalue weighted by molar-refractivity contribution is 5.74. The number of hydrogen-bond acceptors (Lipinski definition) is 4. The molecular weight excluding hydrogens is 315 g/mol. The summed E-state index contributed by atoms with van der Waals surface area (Å²) in [6.07, 6.45) is 1.14. The smallest absolute Gasteiger partial charge is 0.315 e. The Kier molecular flexibility index (Phi) is 6.81. The van der Waals surface area contributed by atoms with Crippen LogP contribution in [0.15, 0.2) is 12.1 Å². The zero-order valence-electron chi connectivity index (χ0n) is 14.1. The van der Waals surface area contributed by atoms with Crippen LogP contribution in [0, 0.1) is 11.7 Å². The van der Waals surface area contributed by atoms with Crippen molar-refractivity contribution >= 4 is 6.03 Å². The number of amides is 2. The Hall–Kier alpha value is -1.86. The molecule has 0 unspecified atom stereocenters. The van der Waals surface area contributed by atoms with Crippen molar-refractivity contribution in [2.75, 3.05) is 13.3 Å². The summed E-state index contributed by atoms with van der Waals surface area (Å²) < 4.78 is 24.2. The quantitative estimate of drug-likeness (QED) is 0.711. The van der Waals surface area contributed by atoms with Gasteiger partial charge in [-0.05, 0) is 18.1 Å². The molecule has 1 aliphatic rings. The van der Waals surface area contributed by atoms with Crippen molar-refractivity contribution < 1.29 is 23.8 Å². The molecule has 6 nitrogen and oxygen atoms in total. The van der Waals surface area contributed by atoms with Gasteiger partial charge < -0.3 is 25.2 Å². The number of ether oxygens (including phenoxy) is 2. The average molecular weight is 340 g/mol. The van der Waals surface area contributed by atoms with Crippen LogP contribution >= 0.6 is 0 Å². The Morgan fingerprint density at radius 2 is 2.08 bits per heavy atom. The number of hydrogen-bond donors (Lipinski definition) is 3. The van der Waals surface area contributed by atoms with Crippen LogP contribution in [0.4, 0.5) is 9.18 Å². The maximum absolute atomic E-state index is 13.6. The molecule has 0 spiro atoms. The van der Waals surface area contributed by atoms with Crippen molar-refractivity contribution in [3.05, 3.63) is 29.1 Å². The predicted molar refractivity (Wildman–Crippen MR) is 87.0 cm³/mol. The molecule has 0 fully saturated rings. The lowest BCUT2D eigenvalue weighted by Gasteiger charge is -2.22. The van der Waals surface area contributed by atoms with Gasteiger partial charge in [-0.3, -0.25) is 0 Å². The molecule has 2 rings (SSSR count). The molecule has 0 aliphatic carbocycles. The predicted octanol–water partition coefficient (Wildman–Crippen LogP) is 2.29. The Bertz CT molecular complexity index is 564. The van der Waals surface area contributed by atoms with Crippen LogP contribution in [0.5, 0.6) is 5.75 Å². The lowest BCUT2D eigenvalue weighted by molar-refractivity contribution is -0.0173. The number of carbonyl (C=O) groups is 1. The summed E-state index contributed by atoms with van der Waals surface area (Å²) >= 11 is 0. The van der Waals surface area contributed by atoms with Crippen LogP contribution < -0.4 is 15.4 Å². The highest BCUT2D eigenvalue weighted by Gasteiger charge is 2.18. The number of urea groups is 1. The number of benzene rings is 1. The summed E-state index contributed by atoms with van der Waals surface area (Å²) in [6, 6.07) is 2.29. The lowest BCUT2D eigenvalue weighted by atomic mass is 9.97. The number of halogens is 1. The van der Waals surface area contributed by atoms with Crippen LogP contribution in [0.25, 0.3) is 0 Å². The maximum atomic E-state index is 13.6. The molecule has 0 radical (unpaired) electrons. The molecule has 1 aromatic rings. The number of nitrogens with one attached hydrogen (secondary N) is 2. The molecule has 1 aliphatic heterocycles. The van der Waals surface area contributed by atoms with Crippen LogP contribution in [0.3, 0.4) is 0 Å². The zero-order valence-corrected chi connectivity index (χ0v) is 14.1. The first-order valence-electron chi connectivity index (χ1n) is 8.26. The Balaban J connectivity index is 1.87. The first-order chi connectivity index (χ1) is 11.5. The third-order valence-electron chi connectivity index (χ3n) is 4.26. The summed E-state index contributed by atoms with van der Waals surface area (Å²) in [4.78, 5) is 11.9. The number of aliphatic hydroxyl groups excluding tert-OH is 1. The zero-order chi connectivity index (χ0) is 17.5. The van der Waals surface area contributed by atoms with Gasteiger partial charge >= 0.3 is 6.03 Å². The minimum atomic E-state index is -0.576. The molecule has 134 valence electrons. The molecule has 0 saturated heterocycles. The van der Waals surface area contributed by atoms with Crippen LogP contribution in [-0.2, 0) is 17.9 Å². The number of aliphatic hydroxyl groups is 1. The van der Waals surface area contributed by atoms with E-state index >= 15 is 0 Å². The normalized spacial score (nSPS) is 14.7. The van der Waals surface area contributed by atoms with E-state index < -0.39 is 18.0 Å². The molecule has 0 saturated carbocycles. The fourth-order valence-corrected chi connectivity index (χ4v) is 2.82. The number of rotatable bonds is 7. The van der Waals surface area contributed by atoms with Crippen LogP contribution in [-0.4, -0.2) is 30.6 Å². The van der Waals surface area contributed by atoms with Gasteiger partial charge in [0.1, 0.15) is 11.6 Å². The number of fused-ring (bicyclic) bond motifs is 1. The fourth-order valence-electron chi connectivity index (χ4n) is 2.82. The Labute approximate surface area is 141 Å². The first-order valence-corrected chi connectivity index (χ1v) is 8.26. The second kappa shape index (κ2) is 8.84. The van der Waals surface area contributed by atoms with Gasteiger partial charge in [0, 0.05) is 24.2 Å². The molecule has 0 aromatic heterocycles. The van der Waals surface area contributed by atoms with E-state index in [2.05, 4.69) is 10.6 Å². The third-order valence-corrected chi connectivity index (χ3v) is 4.26. The van der Waals surface area contributed by atoms with Crippen molar-refractivity contribution in [2.24, 2.45) is 5.92 Å². The summed E-state index contributed by atoms with van der Waals surface area (Å²) in [7, 11) is 0. The second-order valence-electron chi connectivity index (χ2n) is 5.87. The topological polar surface area (TPSA) is 79.8 Å². The van der Waals surface area contributed by atoms with E-state index in [0.717, 1.165) is 12.8 Å². The van der Waals surface area contributed by atoms with Crippen molar-refractivity contribution in [3.63, 3.8) is 0 Å². The van der Waals surface area contributed by atoms with Gasteiger partial charge in [-0.25, -0.2) is 9.18 Å². The van der Waals surface area contributed by atoms with Gasteiger partial charge in [0.25, 0.3) is 0 Å². The van der Waals surface area contributed by atoms with E-state index in [1.54, 1.807) is 0 Å². The van der Waals surface area contributed by atoms with E-state index in [4.69, 9.17) is 9.47 Å². The summed E-state index contributed by atoms with van der Waals surface area (Å²) in [5.41, 5.74) is 1.19. The maximum Gasteiger partial charge on any atom is 0.315 e. The van der Waals surface area contributed by atoms with Crippen LogP contribution in [0.2, 0.25) is 0 Å². The van der Waals surface area contributed by atoms with E-state index in [1.807, 2.05) is 13.8 Å². The first kappa shape index (κ1) is 18.5. The van der Waals surface area contributed by atoms with Crippen LogP contribution in [0.1, 0.15) is 37.8 Å². The molecule has 1 aromatic carbocycles. The van der Waals surface area contributed by atoms with Gasteiger partial charge in [-0.2, -0.15) is 0 Å². The summed E-state index contributed by atoms with van der Waals surface area (Å²) in [5, 5.41) is 15.3. The van der Waals surface area contributed by atoms with Crippen molar-refractivity contribution in [1.82, 2.24) is 10.6 Å². The SMILES string of the molecule is CCC(CC)[C@H](O)CNC(=O)NCc1cc(F)cc2c1OCOC2. The van der Waals surface area contributed by atoms with Crippen molar-refractivity contribution in [1.29, 1.82) is 0 Å². The molecule has 24 heavy (non-hydrogen) atoms. The second-order valence-corrected chi connectivity index (χ2v) is 5.87. The van der Waals surface area contributed by atoms with Crippen molar-refractivity contribution in [3.8, 4) is 5.75 Å². The third kappa shape index (κ3) is 4.82. The molecule has 0 bridgehead atoms. The highest BCUT2D eigenvalue weighted by Crippen LogP contribution is 2.29. The largest absolute Gasteiger partial charge is 0.467 e. The van der Waals surface area contributed by atoms with E-state index in [9.17, 15) is 14.3 Å². The number of carbonyl (C=O) groups excluding carboxylic acids is 1. The Morgan fingerprint density at radius 1 is 1.33 bits per heavy atom. The van der Waals surface area contributed by atoms with Gasteiger partial charge in [-0.15, -0.1) is 0 Å². The molecular formula is C17H25FN2O4. The molecule has 1 heterocycles. The molecule has 7 heteroatoms. The minimum Gasteiger partial charge on any atom is -0.467 e. The van der Waals surface area contributed by atoms with Gasteiger partial charge in [0.05, 0.1) is 12.7 Å². The molecule has 1 atom stereocenters. The minimum absolute atomic E-state index is 0.111. The Morgan fingerprint density at radius 3 is 2.79 bits per heavy atom. The van der Waals surface area contributed by atoms with Gasteiger partial charge in [0.15, 0.2) is 6.79 Å². The summed E-state index contributed by atoms with van der Waals surface area (Å²) in [6.45, 7) is 4.73. The van der Waals surface area contributed by atoms with E-state index in [1.165, 1.54) is 12.1 Å².